The molecule has 1 atom stereocenters. The zero-order valence-electron chi connectivity index (χ0n) is 11.5. The number of hydrogen-bond acceptors (Lipinski definition) is 2. The van der Waals surface area contributed by atoms with Gasteiger partial charge in [0.1, 0.15) is 5.75 Å². The maximum absolute atomic E-state index is 5.38. The van der Waals surface area contributed by atoms with E-state index >= 15 is 0 Å². The first-order chi connectivity index (χ1) is 9.29. The fraction of sp³-hybridized carbons (Fsp3) is 0.294. The van der Waals surface area contributed by atoms with Gasteiger partial charge in [-0.15, -0.1) is 0 Å². The number of nitrogens with zero attached hydrogens (tertiary/aromatic N) is 1. The Morgan fingerprint density at radius 2 is 1.89 bits per heavy atom. The van der Waals surface area contributed by atoms with E-state index in [9.17, 15) is 0 Å². The summed E-state index contributed by atoms with van der Waals surface area (Å²) >= 11 is 0. The molecule has 1 aliphatic heterocycles. The normalized spacial score (nSPS) is 18.9. The van der Waals surface area contributed by atoms with Crippen molar-refractivity contribution >= 4 is 0 Å². The summed E-state index contributed by atoms with van der Waals surface area (Å²) in [5.41, 5.74) is 4.16. The Kier molecular flexibility index (Phi) is 3.26. The minimum absolute atomic E-state index is 0.333. The molecule has 1 aliphatic rings. The smallest absolute Gasteiger partial charge is 0.119 e. The summed E-state index contributed by atoms with van der Waals surface area (Å²) < 4.78 is 5.38. The molecule has 0 N–H and O–H groups in total. The van der Waals surface area contributed by atoms with Crippen LogP contribution in [0.2, 0.25) is 0 Å². The van der Waals surface area contributed by atoms with E-state index in [1.807, 2.05) is 0 Å². The predicted molar refractivity (Wildman–Crippen MR) is 77.6 cm³/mol. The highest BCUT2D eigenvalue weighted by Gasteiger charge is 2.26. The first-order valence-corrected chi connectivity index (χ1v) is 6.71. The molecule has 2 nitrogen and oxygen atoms in total. The van der Waals surface area contributed by atoms with Crippen molar-refractivity contribution < 1.29 is 4.74 Å². The number of fused-ring (bicyclic) bond motifs is 1. The molecule has 2 heteroatoms. The summed E-state index contributed by atoms with van der Waals surface area (Å²) in [7, 11) is 3.92. The monoisotopic (exact) mass is 253 g/mol. The molecule has 0 unspecified atom stereocenters. The minimum Gasteiger partial charge on any atom is -0.497 e. The van der Waals surface area contributed by atoms with Crippen molar-refractivity contribution in [2.75, 3.05) is 20.7 Å². The molecular formula is C17H19NO. The molecule has 98 valence electrons. The molecular weight excluding hydrogens is 234 g/mol. The van der Waals surface area contributed by atoms with Crippen LogP contribution in [0.3, 0.4) is 0 Å². The number of rotatable bonds is 2. The van der Waals surface area contributed by atoms with Crippen LogP contribution in [0, 0.1) is 0 Å². The van der Waals surface area contributed by atoms with E-state index in [4.69, 9.17) is 4.74 Å². The lowest BCUT2D eigenvalue weighted by molar-refractivity contribution is 0.264. The van der Waals surface area contributed by atoms with Crippen LogP contribution in [0.25, 0.3) is 0 Å². The van der Waals surface area contributed by atoms with Gasteiger partial charge in [0.05, 0.1) is 13.2 Å². The molecule has 1 heterocycles. The van der Waals surface area contributed by atoms with Gasteiger partial charge in [-0.05, 0) is 42.3 Å². The molecule has 2 aromatic rings. The summed E-state index contributed by atoms with van der Waals surface area (Å²) in [6.07, 6.45) is 1.11. The minimum atomic E-state index is 0.333. The molecule has 0 saturated carbocycles. The van der Waals surface area contributed by atoms with E-state index in [0.717, 1.165) is 18.7 Å². The second-order valence-electron chi connectivity index (χ2n) is 5.11. The Morgan fingerprint density at radius 1 is 1.11 bits per heavy atom. The van der Waals surface area contributed by atoms with Crippen molar-refractivity contribution in [2.45, 2.75) is 12.5 Å². The average molecular weight is 253 g/mol. The Labute approximate surface area is 114 Å². The summed E-state index contributed by atoms with van der Waals surface area (Å²) in [5.74, 6) is 0.940. The van der Waals surface area contributed by atoms with Crippen molar-refractivity contribution in [1.29, 1.82) is 0 Å². The maximum atomic E-state index is 5.38. The first kappa shape index (κ1) is 12.2. The topological polar surface area (TPSA) is 12.5 Å². The molecule has 19 heavy (non-hydrogen) atoms. The SMILES string of the molecule is COc1ccc2c(c1)[C@H](c1ccccc1)N(C)CC2. The highest BCUT2D eigenvalue weighted by Crippen LogP contribution is 2.35. The van der Waals surface area contributed by atoms with Crippen molar-refractivity contribution in [2.24, 2.45) is 0 Å². The van der Waals surface area contributed by atoms with Crippen molar-refractivity contribution in [3.63, 3.8) is 0 Å². The molecule has 0 radical (unpaired) electrons. The average Bonchev–Trinajstić information content (AvgIpc) is 2.47. The number of methoxy groups -OCH3 is 1. The van der Waals surface area contributed by atoms with Gasteiger partial charge in [-0.3, -0.25) is 4.90 Å². The quantitative estimate of drug-likeness (QED) is 0.814. The third-order valence-corrected chi connectivity index (χ3v) is 3.94. The molecule has 0 aromatic heterocycles. The summed E-state index contributed by atoms with van der Waals surface area (Å²) in [6, 6.07) is 17.5. The Morgan fingerprint density at radius 3 is 2.63 bits per heavy atom. The lowest BCUT2D eigenvalue weighted by atomic mass is 9.88. The van der Waals surface area contributed by atoms with Crippen LogP contribution in [0.4, 0.5) is 0 Å². The van der Waals surface area contributed by atoms with Gasteiger partial charge in [-0.1, -0.05) is 36.4 Å². The molecule has 0 bridgehead atoms. The lowest BCUT2D eigenvalue weighted by Gasteiger charge is -2.35. The lowest BCUT2D eigenvalue weighted by Crippen LogP contribution is -2.32. The fourth-order valence-electron chi connectivity index (χ4n) is 2.91. The van der Waals surface area contributed by atoms with Gasteiger partial charge in [-0.25, -0.2) is 0 Å². The van der Waals surface area contributed by atoms with E-state index in [0.29, 0.717) is 6.04 Å². The Bertz CT molecular complexity index is 565. The van der Waals surface area contributed by atoms with Crippen molar-refractivity contribution in [1.82, 2.24) is 4.90 Å². The summed E-state index contributed by atoms with van der Waals surface area (Å²) in [4.78, 5) is 2.41. The van der Waals surface area contributed by atoms with Crippen molar-refractivity contribution in [3.8, 4) is 5.75 Å². The van der Waals surface area contributed by atoms with Crippen LogP contribution in [-0.4, -0.2) is 25.6 Å². The van der Waals surface area contributed by atoms with E-state index in [1.165, 1.54) is 16.7 Å². The van der Waals surface area contributed by atoms with Gasteiger partial charge in [0, 0.05) is 6.54 Å². The zero-order valence-corrected chi connectivity index (χ0v) is 11.5. The number of benzene rings is 2. The van der Waals surface area contributed by atoms with Crippen molar-refractivity contribution in [3.05, 3.63) is 65.2 Å². The highest BCUT2D eigenvalue weighted by atomic mass is 16.5. The van der Waals surface area contributed by atoms with E-state index < -0.39 is 0 Å². The van der Waals surface area contributed by atoms with Crippen LogP contribution in [0.15, 0.2) is 48.5 Å². The van der Waals surface area contributed by atoms with Gasteiger partial charge < -0.3 is 4.74 Å². The van der Waals surface area contributed by atoms with Gasteiger partial charge in [0.25, 0.3) is 0 Å². The summed E-state index contributed by atoms with van der Waals surface area (Å²) in [5, 5.41) is 0. The van der Waals surface area contributed by atoms with Crippen LogP contribution in [0.1, 0.15) is 22.7 Å². The van der Waals surface area contributed by atoms with Crippen LogP contribution < -0.4 is 4.74 Å². The Hall–Kier alpha value is -1.80. The van der Waals surface area contributed by atoms with Crippen LogP contribution >= 0.6 is 0 Å². The molecule has 2 aromatic carbocycles. The molecule has 0 saturated heterocycles. The second kappa shape index (κ2) is 5.06. The maximum Gasteiger partial charge on any atom is 0.119 e. The van der Waals surface area contributed by atoms with Gasteiger partial charge >= 0.3 is 0 Å². The largest absolute Gasteiger partial charge is 0.497 e. The van der Waals surface area contributed by atoms with Crippen LogP contribution in [-0.2, 0) is 6.42 Å². The first-order valence-electron chi connectivity index (χ1n) is 6.71. The van der Waals surface area contributed by atoms with Gasteiger partial charge in [-0.2, -0.15) is 0 Å². The summed E-state index contributed by atoms with van der Waals surface area (Å²) in [6.45, 7) is 1.10. The number of hydrogen-bond donors (Lipinski definition) is 0. The van der Waals surface area contributed by atoms with Crippen LogP contribution in [0.5, 0.6) is 5.75 Å². The van der Waals surface area contributed by atoms with Gasteiger partial charge in [0.2, 0.25) is 0 Å². The Balaban J connectivity index is 2.10. The van der Waals surface area contributed by atoms with E-state index in [2.05, 4.69) is 60.5 Å². The standard InChI is InChI=1S/C17H19NO/c1-18-11-10-13-8-9-15(19-2)12-16(13)17(18)14-6-4-3-5-7-14/h3-9,12,17H,10-11H2,1-2H3/t17-/m0/s1. The number of likely N-dealkylation sites (N-methyl/N-ethyl adjacent to an activating group) is 1. The molecule has 3 rings (SSSR count). The molecule has 0 amide bonds. The molecule has 0 aliphatic carbocycles. The molecule has 0 spiro atoms. The van der Waals surface area contributed by atoms with Gasteiger partial charge in [0.15, 0.2) is 0 Å². The number of ether oxygens (including phenoxy) is 1. The predicted octanol–water partition coefficient (Wildman–Crippen LogP) is 3.27. The van der Waals surface area contributed by atoms with E-state index in [1.54, 1.807) is 7.11 Å². The third-order valence-electron chi connectivity index (χ3n) is 3.94. The third kappa shape index (κ3) is 2.24. The zero-order chi connectivity index (χ0) is 13.2. The highest BCUT2D eigenvalue weighted by molar-refractivity contribution is 5.43. The molecule has 0 fully saturated rings. The fourth-order valence-corrected chi connectivity index (χ4v) is 2.91. The second-order valence-corrected chi connectivity index (χ2v) is 5.11. The van der Waals surface area contributed by atoms with E-state index in [-0.39, 0.29) is 0 Å².